The van der Waals surface area contributed by atoms with E-state index in [1.165, 1.54) is 19.2 Å². The Hall–Kier alpha value is -0.780. The monoisotopic (exact) mass is 263 g/mol. The third kappa shape index (κ3) is 3.37. The third-order valence-corrected chi connectivity index (χ3v) is 4.33. The maximum absolute atomic E-state index is 11.9. The molecule has 0 atom stereocenters. The second-order valence-corrected chi connectivity index (χ2v) is 5.84. The fourth-order valence-electron chi connectivity index (χ4n) is 1.26. The predicted molar refractivity (Wildman–Crippen MR) is 64.4 cm³/mol. The smallest absolute Gasteiger partial charge is 0.180 e. The fraction of sp³-hybridized carbons (Fsp3) is 0.400. The number of hydrogen-bond acceptors (Lipinski definition) is 4. The Balaban J connectivity index is 2.93. The lowest BCUT2D eigenvalue weighted by Gasteiger charge is -2.07. The molecule has 16 heavy (non-hydrogen) atoms. The molecule has 0 radical (unpaired) electrons. The number of sulfone groups is 1. The highest BCUT2D eigenvalue weighted by Gasteiger charge is 2.17. The van der Waals surface area contributed by atoms with Crippen molar-refractivity contribution in [2.45, 2.75) is 11.3 Å². The lowest BCUT2D eigenvalue weighted by molar-refractivity contribution is 0.199. The number of benzene rings is 1. The normalized spacial score (nSPS) is 11.6. The number of nitrogens with two attached hydrogens (primary N) is 1. The summed E-state index contributed by atoms with van der Waals surface area (Å²) in [6, 6.07) is 4.43. The number of hydrogen-bond donors (Lipinski definition) is 1. The molecular formula is C10H14ClNO3S. The third-order valence-electron chi connectivity index (χ3n) is 2.05. The molecule has 0 saturated heterocycles. The first-order chi connectivity index (χ1) is 7.47. The van der Waals surface area contributed by atoms with Crippen molar-refractivity contribution in [1.82, 2.24) is 0 Å². The maximum Gasteiger partial charge on any atom is 0.180 e. The molecule has 0 aliphatic heterocycles. The fourth-order valence-corrected chi connectivity index (χ4v) is 3.13. The van der Waals surface area contributed by atoms with Crippen LogP contribution in [0.3, 0.4) is 0 Å². The van der Waals surface area contributed by atoms with Gasteiger partial charge in [-0.2, -0.15) is 0 Å². The topological polar surface area (TPSA) is 69.4 Å². The van der Waals surface area contributed by atoms with E-state index in [9.17, 15) is 8.42 Å². The number of anilines is 1. The molecule has 90 valence electrons. The average Bonchev–Trinajstić information content (AvgIpc) is 2.22. The Bertz CT molecular complexity index is 459. The second-order valence-electron chi connectivity index (χ2n) is 3.36. The van der Waals surface area contributed by atoms with E-state index in [1.54, 1.807) is 6.07 Å². The zero-order valence-corrected chi connectivity index (χ0v) is 10.5. The van der Waals surface area contributed by atoms with Gasteiger partial charge in [0, 0.05) is 19.4 Å². The minimum Gasteiger partial charge on any atom is -0.399 e. The molecule has 0 aliphatic rings. The van der Waals surface area contributed by atoms with Gasteiger partial charge in [-0.15, -0.1) is 0 Å². The molecule has 0 bridgehead atoms. The van der Waals surface area contributed by atoms with E-state index >= 15 is 0 Å². The van der Waals surface area contributed by atoms with E-state index in [1.807, 2.05) is 0 Å². The van der Waals surface area contributed by atoms with Gasteiger partial charge in [0.2, 0.25) is 0 Å². The van der Waals surface area contributed by atoms with Crippen molar-refractivity contribution < 1.29 is 13.2 Å². The van der Waals surface area contributed by atoms with Crippen molar-refractivity contribution in [3.8, 4) is 0 Å². The van der Waals surface area contributed by atoms with E-state index in [-0.39, 0.29) is 15.7 Å². The summed E-state index contributed by atoms with van der Waals surface area (Å²) in [5.41, 5.74) is 5.92. The van der Waals surface area contributed by atoms with Crippen LogP contribution in [0.5, 0.6) is 0 Å². The Labute approximate surface area is 100 Å². The van der Waals surface area contributed by atoms with Gasteiger partial charge in [0.15, 0.2) is 9.84 Å². The number of nitrogen functional groups attached to an aromatic ring is 1. The van der Waals surface area contributed by atoms with Gasteiger partial charge in [-0.25, -0.2) is 8.42 Å². The Morgan fingerprint density at radius 2 is 2.12 bits per heavy atom. The molecule has 0 amide bonds. The molecule has 2 N–H and O–H groups in total. The van der Waals surface area contributed by atoms with Gasteiger partial charge < -0.3 is 10.5 Å². The summed E-state index contributed by atoms with van der Waals surface area (Å²) in [7, 11) is -1.85. The van der Waals surface area contributed by atoms with Gasteiger partial charge in [-0.05, 0) is 24.6 Å². The number of halogens is 1. The highest BCUT2D eigenvalue weighted by atomic mass is 35.5. The Kier molecular flexibility index (Phi) is 4.58. The van der Waals surface area contributed by atoms with Gasteiger partial charge in [-0.1, -0.05) is 11.6 Å². The van der Waals surface area contributed by atoms with Crippen LogP contribution >= 0.6 is 11.6 Å². The lowest BCUT2D eigenvalue weighted by atomic mass is 10.3. The quantitative estimate of drug-likeness (QED) is 0.649. The first kappa shape index (κ1) is 13.3. The molecular weight excluding hydrogens is 250 g/mol. The highest BCUT2D eigenvalue weighted by Crippen LogP contribution is 2.25. The molecule has 0 fully saturated rings. The molecule has 0 aromatic heterocycles. The summed E-state index contributed by atoms with van der Waals surface area (Å²) < 4.78 is 28.6. The molecule has 1 aromatic carbocycles. The van der Waals surface area contributed by atoms with Crippen molar-refractivity contribution >= 4 is 27.1 Å². The first-order valence-electron chi connectivity index (χ1n) is 4.74. The van der Waals surface area contributed by atoms with Crippen LogP contribution in [0.1, 0.15) is 6.42 Å². The zero-order valence-electron chi connectivity index (χ0n) is 8.94. The maximum atomic E-state index is 11.9. The zero-order chi connectivity index (χ0) is 12.2. The molecule has 6 heteroatoms. The number of rotatable bonds is 5. The Morgan fingerprint density at radius 3 is 2.75 bits per heavy atom. The molecule has 0 spiro atoms. The van der Waals surface area contributed by atoms with E-state index < -0.39 is 9.84 Å². The minimum absolute atomic E-state index is 0.00398. The minimum atomic E-state index is -3.38. The lowest BCUT2D eigenvalue weighted by Crippen LogP contribution is -2.10. The molecule has 0 aliphatic carbocycles. The summed E-state index contributed by atoms with van der Waals surface area (Å²) in [4.78, 5) is 0.0882. The average molecular weight is 264 g/mol. The molecule has 0 unspecified atom stereocenters. The van der Waals surface area contributed by atoms with Gasteiger partial charge in [-0.3, -0.25) is 0 Å². The Morgan fingerprint density at radius 1 is 1.44 bits per heavy atom. The number of methoxy groups -OCH3 is 1. The largest absolute Gasteiger partial charge is 0.399 e. The van der Waals surface area contributed by atoms with Crippen LogP contribution < -0.4 is 5.73 Å². The van der Waals surface area contributed by atoms with Crippen LogP contribution in [0.4, 0.5) is 5.69 Å². The van der Waals surface area contributed by atoms with E-state index in [0.717, 1.165) is 0 Å². The van der Waals surface area contributed by atoms with Crippen LogP contribution in [0, 0.1) is 0 Å². The summed E-state index contributed by atoms with van der Waals surface area (Å²) in [6.45, 7) is 0.402. The van der Waals surface area contributed by atoms with E-state index in [2.05, 4.69) is 0 Å². The van der Waals surface area contributed by atoms with Crippen molar-refractivity contribution in [2.24, 2.45) is 0 Å². The van der Waals surface area contributed by atoms with E-state index in [4.69, 9.17) is 22.1 Å². The van der Waals surface area contributed by atoms with Crippen LogP contribution in [-0.2, 0) is 14.6 Å². The second kappa shape index (κ2) is 5.52. The standard InChI is InChI=1S/C10H14ClNO3S/c1-15-5-2-6-16(13,14)10-7-8(12)3-4-9(10)11/h3-4,7H,2,5-6,12H2,1H3. The molecule has 4 nitrogen and oxygen atoms in total. The van der Waals surface area contributed by atoms with Crippen molar-refractivity contribution in [1.29, 1.82) is 0 Å². The van der Waals surface area contributed by atoms with Gasteiger partial charge in [0.25, 0.3) is 0 Å². The molecule has 1 aromatic rings. The highest BCUT2D eigenvalue weighted by molar-refractivity contribution is 7.91. The predicted octanol–water partition coefficient (Wildman–Crippen LogP) is 1.73. The molecule has 0 saturated carbocycles. The molecule has 0 heterocycles. The van der Waals surface area contributed by atoms with E-state index in [0.29, 0.717) is 18.7 Å². The van der Waals surface area contributed by atoms with Crippen molar-refractivity contribution in [3.63, 3.8) is 0 Å². The van der Waals surface area contributed by atoms with Crippen LogP contribution in [0.15, 0.2) is 23.1 Å². The summed E-state index contributed by atoms with van der Waals surface area (Å²) in [5.74, 6) is 0.00398. The van der Waals surface area contributed by atoms with Crippen molar-refractivity contribution in [2.75, 3.05) is 25.2 Å². The summed E-state index contributed by atoms with van der Waals surface area (Å²) in [5, 5.41) is 0.201. The van der Waals surface area contributed by atoms with Crippen molar-refractivity contribution in [3.05, 3.63) is 23.2 Å². The molecule has 1 rings (SSSR count). The van der Waals surface area contributed by atoms with Crippen LogP contribution in [-0.4, -0.2) is 27.9 Å². The summed E-state index contributed by atoms with van der Waals surface area (Å²) in [6.07, 6.45) is 0.434. The van der Waals surface area contributed by atoms with Gasteiger partial charge in [0.05, 0.1) is 15.7 Å². The van der Waals surface area contributed by atoms with Gasteiger partial charge >= 0.3 is 0 Å². The van der Waals surface area contributed by atoms with Crippen LogP contribution in [0.25, 0.3) is 0 Å². The van der Waals surface area contributed by atoms with Gasteiger partial charge in [0.1, 0.15) is 0 Å². The van der Waals surface area contributed by atoms with Crippen LogP contribution in [0.2, 0.25) is 5.02 Å². The first-order valence-corrected chi connectivity index (χ1v) is 6.77. The SMILES string of the molecule is COCCCS(=O)(=O)c1cc(N)ccc1Cl. The number of ether oxygens (including phenoxy) is 1. The summed E-state index contributed by atoms with van der Waals surface area (Å²) >= 11 is 5.83.